The molecule has 5 nitrogen and oxygen atoms in total. The van der Waals surface area contributed by atoms with Crippen molar-refractivity contribution in [2.75, 3.05) is 5.32 Å². The second-order valence-corrected chi connectivity index (χ2v) is 4.70. The minimum Gasteiger partial charge on any atom is -0.361 e. The van der Waals surface area contributed by atoms with Crippen LogP contribution in [0.5, 0.6) is 0 Å². The second-order valence-electron chi connectivity index (χ2n) is 4.70. The maximum atomic E-state index is 11.7. The monoisotopic (exact) mass is 260 g/mol. The van der Waals surface area contributed by atoms with Crippen LogP contribution in [0.15, 0.2) is 30.0 Å². The van der Waals surface area contributed by atoms with E-state index in [4.69, 9.17) is 0 Å². The highest BCUT2D eigenvalue weighted by Gasteiger charge is 2.15. The minimum absolute atomic E-state index is 0.0430. The number of hydrogen-bond acceptors (Lipinski definition) is 4. The third kappa shape index (κ3) is 3.19. The molecular formula is C14H16N2O3. The molecule has 19 heavy (non-hydrogen) atoms. The van der Waals surface area contributed by atoms with Crippen LogP contribution in [0.25, 0.3) is 0 Å². The lowest BCUT2D eigenvalue weighted by Crippen LogP contribution is -2.10. The number of carbonyl (C=O) groups excluding carboxylic acids is 1. The molecule has 0 atom stereocenters. The molecule has 1 saturated carbocycles. The second kappa shape index (κ2) is 5.65. The van der Waals surface area contributed by atoms with Gasteiger partial charge in [-0.3, -0.25) is 14.9 Å². The number of carbonyl (C=O) groups is 1. The van der Waals surface area contributed by atoms with E-state index in [1.807, 2.05) is 6.92 Å². The topological polar surface area (TPSA) is 72.2 Å². The Balaban J connectivity index is 2.18. The van der Waals surface area contributed by atoms with Crippen LogP contribution in [-0.4, -0.2) is 10.7 Å². The SMILES string of the molecule is Cc1ccc([N+](=O)[O-])cc1N/C=C1/CCCCC1=O. The van der Waals surface area contributed by atoms with Gasteiger partial charge in [0.2, 0.25) is 0 Å². The van der Waals surface area contributed by atoms with Crippen molar-refractivity contribution in [3.63, 3.8) is 0 Å². The Morgan fingerprint density at radius 3 is 2.74 bits per heavy atom. The summed E-state index contributed by atoms with van der Waals surface area (Å²) in [4.78, 5) is 22.0. The van der Waals surface area contributed by atoms with Crippen molar-refractivity contribution in [1.82, 2.24) is 0 Å². The van der Waals surface area contributed by atoms with Crippen molar-refractivity contribution in [2.24, 2.45) is 0 Å². The normalized spacial score (nSPS) is 17.5. The molecule has 5 heteroatoms. The van der Waals surface area contributed by atoms with Gasteiger partial charge in [-0.1, -0.05) is 6.07 Å². The fourth-order valence-electron chi connectivity index (χ4n) is 2.10. The number of benzene rings is 1. The van der Waals surface area contributed by atoms with E-state index in [1.165, 1.54) is 12.1 Å². The van der Waals surface area contributed by atoms with Crippen molar-refractivity contribution in [3.8, 4) is 0 Å². The van der Waals surface area contributed by atoms with Crippen molar-refractivity contribution in [1.29, 1.82) is 0 Å². The number of anilines is 1. The molecule has 100 valence electrons. The third-order valence-electron chi connectivity index (χ3n) is 3.29. The maximum Gasteiger partial charge on any atom is 0.271 e. The molecule has 0 unspecified atom stereocenters. The molecule has 0 amide bonds. The first-order valence-electron chi connectivity index (χ1n) is 6.32. The minimum atomic E-state index is -0.427. The number of nitrogens with zero attached hydrogens (tertiary/aromatic N) is 1. The molecule has 0 aliphatic heterocycles. The van der Waals surface area contributed by atoms with E-state index in [0.717, 1.165) is 30.4 Å². The van der Waals surface area contributed by atoms with Gasteiger partial charge in [0, 0.05) is 36.0 Å². The highest BCUT2D eigenvalue weighted by atomic mass is 16.6. The van der Waals surface area contributed by atoms with Gasteiger partial charge in [0.25, 0.3) is 5.69 Å². The first-order valence-corrected chi connectivity index (χ1v) is 6.32. The number of nitro groups is 1. The van der Waals surface area contributed by atoms with Crippen LogP contribution >= 0.6 is 0 Å². The molecule has 0 radical (unpaired) electrons. The van der Waals surface area contributed by atoms with E-state index in [0.29, 0.717) is 12.1 Å². The molecule has 2 rings (SSSR count). The summed E-state index contributed by atoms with van der Waals surface area (Å²) in [6, 6.07) is 4.65. The van der Waals surface area contributed by atoms with Crippen LogP contribution in [0.3, 0.4) is 0 Å². The molecule has 1 aromatic carbocycles. The lowest BCUT2D eigenvalue weighted by atomic mass is 9.94. The van der Waals surface area contributed by atoms with Crippen LogP contribution in [0.2, 0.25) is 0 Å². The van der Waals surface area contributed by atoms with Gasteiger partial charge in [-0.15, -0.1) is 0 Å². The van der Waals surface area contributed by atoms with E-state index in [9.17, 15) is 14.9 Å². The van der Waals surface area contributed by atoms with E-state index < -0.39 is 4.92 Å². The fourth-order valence-corrected chi connectivity index (χ4v) is 2.10. The first kappa shape index (κ1) is 13.3. The molecule has 0 aromatic heterocycles. The number of non-ortho nitro benzene ring substituents is 1. The molecular weight excluding hydrogens is 244 g/mol. The number of allylic oxidation sites excluding steroid dienone is 1. The summed E-state index contributed by atoms with van der Waals surface area (Å²) in [5.74, 6) is 0.168. The van der Waals surface area contributed by atoms with Gasteiger partial charge < -0.3 is 5.32 Å². The van der Waals surface area contributed by atoms with E-state index in [2.05, 4.69) is 5.32 Å². The largest absolute Gasteiger partial charge is 0.361 e. The molecule has 0 spiro atoms. The molecule has 1 aromatic rings. The van der Waals surface area contributed by atoms with Gasteiger partial charge in [0.05, 0.1) is 4.92 Å². The Hall–Kier alpha value is -2.17. The summed E-state index contributed by atoms with van der Waals surface area (Å²) in [7, 11) is 0. The van der Waals surface area contributed by atoms with Crippen LogP contribution < -0.4 is 5.32 Å². The third-order valence-corrected chi connectivity index (χ3v) is 3.29. The summed E-state index contributed by atoms with van der Waals surface area (Å²) >= 11 is 0. The average molecular weight is 260 g/mol. The van der Waals surface area contributed by atoms with Crippen molar-refractivity contribution in [2.45, 2.75) is 32.6 Å². The molecule has 1 N–H and O–H groups in total. The van der Waals surface area contributed by atoms with Crippen LogP contribution in [-0.2, 0) is 4.79 Å². The smallest absolute Gasteiger partial charge is 0.271 e. The zero-order valence-corrected chi connectivity index (χ0v) is 10.8. The van der Waals surface area contributed by atoms with E-state index in [-0.39, 0.29) is 11.5 Å². The van der Waals surface area contributed by atoms with Gasteiger partial charge in [-0.25, -0.2) is 0 Å². The Morgan fingerprint density at radius 1 is 1.32 bits per heavy atom. The van der Waals surface area contributed by atoms with Gasteiger partial charge >= 0.3 is 0 Å². The molecule has 1 aliphatic carbocycles. The quantitative estimate of drug-likeness (QED) is 0.514. The summed E-state index contributed by atoms with van der Waals surface area (Å²) in [6.07, 6.45) is 5.04. The Kier molecular flexibility index (Phi) is 3.94. The lowest BCUT2D eigenvalue weighted by molar-refractivity contribution is -0.384. The number of hydrogen-bond donors (Lipinski definition) is 1. The number of aryl methyl sites for hydroxylation is 1. The van der Waals surface area contributed by atoms with Gasteiger partial charge in [-0.2, -0.15) is 0 Å². The highest BCUT2D eigenvalue weighted by Crippen LogP contribution is 2.24. The van der Waals surface area contributed by atoms with Crippen LogP contribution in [0.1, 0.15) is 31.2 Å². The summed E-state index contributed by atoms with van der Waals surface area (Å²) < 4.78 is 0. The van der Waals surface area contributed by atoms with Crippen molar-refractivity contribution >= 4 is 17.2 Å². The molecule has 1 aliphatic rings. The molecule has 1 fully saturated rings. The lowest BCUT2D eigenvalue weighted by Gasteiger charge is -2.13. The van der Waals surface area contributed by atoms with Gasteiger partial charge in [-0.05, 0) is 31.7 Å². The van der Waals surface area contributed by atoms with Gasteiger partial charge in [0.1, 0.15) is 0 Å². The van der Waals surface area contributed by atoms with Crippen molar-refractivity contribution < 1.29 is 9.72 Å². The summed E-state index contributed by atoms with van der Waals surface area (Å²) in [5, 5.41) is 13.8. The number of ketones is 1. The Morgan fingerprint density at radius 2 is 2.05 bits per heavy atom. The number of rotatable bonds is 3. The van der Waals surface area contributed by atoms with Crippen LogP contribution in [0.4, 0.5) is 11.4 Å². The number of nitrogens with one attached hydrogen (secondary N) is 1. The average Bonchev–Trinajstić information content (AvgIpc) is 2.39. The first-order chi connectivity index (χ1) is 9.08. The molecule has 0 heterocycles. The molecule has 0 bridgehead atoms. The zero-order valence-electron chi connectivity index (χ0n) is 10.8. The number of nitro benzene ring substituents is 1. The Bertz CT molecular complexity index is 550. The Labute approximate surface area is 111 Å². The van der Waals surface area contributed by atoms with E-state index in [1.54, 1.807) is 12.3 Å². The standard InChI is InChI=1S/C14H16N2O3/c1-10-6-7-12(16(18)19)8-13(10)15-9-11-4-2-3-5-14(11)17/h6-9,15H,2-5H2,1H3/b11-9-. The number of Topliss-reactive ketones (excluding diaryl/α,β-unsaturated/α-hetero) is 1. The summed E-state index contributed by atoms with van der Waals surface area (Å²) in [5.41, 5.74) is 2.39. The zero-order chi connectivity index (χ0) is 13.8. The maximum absolute atomic E-state index is 11.7. The molecule has 0 saturated heterocycles. The van der Waals surface area contributed by atoms with E-state index >= 15 is 0 Å². The summed E-state index contributed by atoms with van der Waals surface area (Å²) in [6.45, 7) is 1.87. The predicted molar refractivity (Wildman–Crippen MR) is 73.0 cm³/mol. The van der Waals surface area contributed by atoms with Gasteiger partial charge in [0.15, 0.2) is 5.78 Å². The predicted octanol–water partition coefficient (Wildman–Crippen LogP) is 3.34. The van der Waals surface area contributed by atoms with Crippen LogP contribution in [0, 0.1) is 17.0 Å². The van der Waals surface area contributed by atoms with Crippen molar-refractivity contribution in [3.05, 3.63) is 45.6 Å². The highest BCUT2D eigenvalue weighted by molar-refractivity contribution is 5.96. The fraction of sp³-hybridized carbons (Fsp3) is 0.357.